The Bertz CT molecular complexity index is 591. The predicted molar refractivity (Wildman–Crippen MR) is 88.1 cm³/mol. The quantitative estimate of drug-likeness (QED) is 0.808. The number of carbonyl (C=O) groups is 1. The summed E-state index contributed by atoms with van der Waals surface area (Å²) >= 11 is 3.19. The molecule has 1 atom stereocenters. The van der Waals surface area contributed by atoms with Crippen molar-refractivity contribution in [3.05, 3.63) is 33.5 Å². The summed E-state index contributed by atoms with van der Waals surface area (Å²) in [6.45, 7) is 7.97. The van der Waals surface area contributed by atoms with Crippen molar-refractivity contribution in [2.45, 2.75) is 39.2 Å². The van der Waals surface area contributed by atoms with Gasteiger partial charge in [-0.3, -0.25) is 4.79 Å². The summed E-state index contributed by atoms with van der Waals surface area (Å²) in [6, 6.07) is 2.29. The Kier molecular flexibility index (Phi) is 5.00. The molecule has 0 saturated carbocycles. The minimum Gasteiger partial charge on any atom is -0.465 e. The molecule has 0 saturated heterocycles. The third kappa shape index (κ3) is 3.63. The summed E-state index contributed by atoms with van der Waals surface area (Å²) in [5, 5.41) is 10.3. The number of hydrogen-bond donors (Lipinski definition) is 1. The number of carbonyl (C=O) groups excluding carboxylic acids is 1. The average Bonchev–Trinajstić information content (AvgIpc) is 3.10. The van der Waals surface area contributed by atoms with Crippen molar-refractivity contribution < 1.29 is 9.53 Å². The van der Waals surface area contributed by atoms with E-state index in [1.165, 1.54) is 16.9 Å². The van der Waals surface area contributed by atoms with Crippen LogP contribution >= 0.6 is 22.7 Å². The van der Waals surface area contributed by atoms with Crippen LogP contribution in [-0.4, -0.2) is 17.6 Å². The number of nitrogens with one attached hydrogen (secondary N) is 1. The summed E-state index contributed by atoms with van der Waals surface area (Å²) in [5.74, 6) is -0.243. The zero-order valence-corrected chi connectivity index (χ0v) is 14.3. The van der Waals surface area contributed by atoms with E-state index in [-0.39, 0.29) is 12.0 Å². The average molecular weight is 324 g/mol. The fraction of sp³-hybridized carbons (Fsp3) is 0.467. The number of anilines is 1. The number of aromatic nitrogens is 1. The highest BCUT2D eigenvalue weighted by Gasteiger charge is 2.34. The molecule has 0 aliphatic rings. The van der Waals surface area contributed by atoms with Crippen LogP contribution in [0.25, 0.3) is 0 Å². The Balaban J connectivity index is 2.09. The van der Waals surface area contributed by atoms with E-state index in [0.717, 1.165) is 10.8 Å². The van der Waals surface area contributed by atoms with Gasteiger partial charge in [0.25, 0.3) is 0 Å². The van der Waals surface area contributed by atoms with E-state index >= 15 is 0 Å². The van der Waals surface area contributed by atoms with Gasteiger partial charge in [0.1, 0.15) is 5.41 Å². The molecule has 2 aromatic heterocycles. The van der Waals surface area contributed by atoms with E-state index < -0.39 is 5.41 Å². The van der Waals surface area contributed by atoms with Crippen LogP contribution in [0.15, 0.2) is 22.2 Å². The fourth-order valence-electron chi connectivity index (χ4n) is 1.83. The summed E-state index contributed by atoms with van der Waals surface area (Å²) in [7, 11) is 0. The summed E-state index contributed by atoms with van der Waals surface area (Å²) in [6.07, 6.45) is 0. The lowest BCUT2D eigenvalue weighted by atomic mass is 9.90. The first-order chi connectivity index (χ1) is 9.95. The highest BCUT2D eigenvalue weighted by Crippen LogP contribution is 2.30. The van der Waals surface area contributed by atoms with E-state index in [9.17, 15) is 4.79 Å². The first kappa shape index (κ1) is 16.0. The SMILES string of the molecule is CCOC(=O)C(C)(C)c1csc(NC(C)c2ccsc2)n1. The van der Waals surface area contributed by atoms with Gasteiger partial charge in [0, 0.05) is 5.38 Å². The molecule has 2 rings (SSSR count). The van der Waals surface area contributed by atoms with Gasteiger partial charge in [-0.15, -0.1) is 11.3 Å². The minimum atomic E-state index is -0.724. The topological polar surface area (TPSA) is 51.2 Å². The maximum Gasteiger partial charge on any atom is 0.317 e. The van der Waals surface area contributed by atoms with Crippen LogP contribution in [0, 0.1) is 0 Å². The van der Waals surface area contributed by atoms with Crippen LogP contribution in [0.5, 0.6) is 0 Å². The van der Waals surface area contributed by atoms with Crippen molar-refractivity contribution in [1.29, 1.82) is 0 Å². The third-order valence-electron chi connectivity index (χ3n) is 3.31. The molecular formula is C15H20N2O2S2. The number of thiazole rings is 1. The van der Waals surface area contributed by atoms with E-state index in [4.69, 9.17) is 4.74 Å². The molecule has 6 heteroatoms. The van der Waals surface area contributed by atoms with Crippen molar-refractivity contribution in [3.63, 3.8) is 0 Å². The van der Waals surface area contributed by atoms with E-state index in [2.05, 4.69) is 34.1 Å². The number of esters is 1. The largest absolute Gasteiger partial charge is 0.465 e. The van der Waals surface area contributed by atoms with E-state index in [1.807, 2.05) is 26.2 Å². The van der Waals surface area contributed by atoms with Crippen LogP contribution in [0.2, 0.25) is 0 Å². The molecule has 0 aliphatic carbocycles. The molecular weight excluding hydrogens is 304 g/mol. The monoisotopic (exact) mass is 324 g/mol. The van der Waals surface area contributed by atoms with Crippen molar-refractivity contribution in [3.8, 4) is 0 Å². The van der Waals surface area contributed by atoms with Crippen molar-refractivity contribution in [2.75, 3.05) is 11.9 Å². The molecule has 0 amide bonds. The van der Waals surface area contributed by atoms with Gasteiger partial charge < -0.3 is 10.1 Å². The lowest BCUT2D eigenvalue weighted by Crippen LogP contribution is -2.31. The predicted octanol–water partition coefficient (Wildman–Crippen LogP) is 4.22. The molecule has 0 aliphatic heterocycles. The molecule has 0 radical (unpaired) electrons. The number of hydrogen-bond acceptors (Lipinski definition) is 6. The molecule has 0 fully saturated rings. The Morgan fingerprint density at radius 1 is 1.48 bits per heavy atom. The minimum absolute atomic E-state index is 0.195. The van der Waals surface area contributed by atoms with E-state index in [0.29, 0.717) is 6.61 Å². The molecule has 0 bridgehead atoms. The molecule has 1 N–H and O–H groups in total. The second kappa shape index (κ2) is 6.58. The highest BCUT2D eigenvalue weighted by molar-refractivity contribution is 7.13. The number of rotatable bonds is 6. The molecule has 2 aromatic rings. The summed E-state index contributed by atoms with van der Waals surface area (Å²) in [4.78, 5) is 16.6. The lowest BCUT2D eigenvalue weighted by molar-refractivity contribution is -0.148. The zero-order valence-electron chi connectivity index (χ0n) is 12.7. The highest BCUT2D eigenvalue weighted by atomic mass is 32.1. The Hall–Kier alpha value is -1.40. The first-order valence-corrected chi connectivity index (χ1v) is 8.69. The smallest absolute Gasteiger partial charge is 0.317 e. The van der Waals surface area contributed by atoms with Gasteiger partial charge in [-0.1, -0.05) is 0 Å². The summed E-state index contributed by atoms with van der Waals surface area (Å²) < 4.78 is 5.12. The molecule has 1 unspecified atom stereocenters. The van der Waals surface area contributed by atoms with Crippen LogP contribution in [0.3, 0.4) is 0 Å². The molecule has 0 aromatic carbocycles. The van der Waals surface area contributed by atoms with E-state index in [1.54, 1.807) is 11.3 Å². The number of thiophene rings is 1. The molecule has 0 spiro atoms. The maximum absolute atomic E-state index is 12.0. The lowest BCUT2D eigenvalue weighted by Gasteiger charge is -2.19. The fourth-order valence-corrected chi connectivity index (χ4v) is 3.55. The van der Waals surface area contributed by atoms with Gasteiger partial charge in [0.15, 0.2) is 5.13 Å². The second-order valence-electron chi connectivity index (χ2n) is 5.31. The van der Waals surface area contributed by atoms with Gasteiger partial charge >= 0.3 is 5.97 Å². The standard InChI is InChI=1S/C15H20N2O2S2/c1-5-19-13(18)15(3,4)12-9-21-14(17-12)16-10(2)11-6-7-20-8-11/h6-10H,5H2,1-4H3,(H,16,17). The molecule has 4 nitrogen and oxygen atoms in total. The molecule has 21 heavy (non-hydrogen) atoms. The van der Waals surface area contributed by atoms with Gasteiger partial charge in [-0.25, -0.2) is 4.98 Å². The Morgan fingerprint density at radius 2 is 2.24 bits per heavy atom. The van der Waals surface area contributed by atoms with Crippen molar-refractivity contribution >= 4 is 33.8 Å². The Morgan fingerprint density at radius 3 is 2.86 bits per heavy atom. The van der Waals surface area contributed by atoms with Crippen molar-refractivity contribution in [1.82, 2.24) is 4.98 Å². The normalized spacial score (nSPS) is 13.0. The van der Waals surface area contributed by atoms with Gasteiger partial charge in [-0.05, 0) is 50.1 Å². The van der Waals surface area contributed by atoms with Gasteiger partial charge in [0.2, 0.25) is 0 Å². The summed E-state index contributed by atoms with van der Waals surface area (Å²) in [5.41, 5.74) is 1.25. The maximum atomic E-state index is 12.0. The Labute approximate surface area is 133 Å². The van der Waals surface area contributed by atoms with Gasteiger partial charge in [-0.2, -0.15) is 11.3 Å². The number of ether oxygens (including phenoxy) is 1. The molecule has 2 heterocycles. The van der Waals surface area contributed by atoms with Gasteiger partial charge in [0.05, 0.1) is 18.3 Å². The van der Waals surface area contributed by atoms with Crippen LogP contribution in [0.1, 0.15) is 45.0 Å². The van der Waals surface area contributed by atoms with Crippen LogP contribution < -0.4 is 5.32 Å². The van der Waals surface area contributed by atoms with Crippen LogP contribution in [0.4, 0.5) is 5.13 Å². The van der Waals surface area contributed by atoms with Crippen molar-refractivity contribution in [2.24, 2.45) is 0 Å². The third-order valence-corrected chi connectivity index (χ3v) is 4.79. The molecule has 114 valence electrons. The van der Waals surface area contributed by atoms with Crippen LogP contribution in [-0.2, 0) is 14.9 Å². The first-order valence-electron chi connectivity index (χ1n) is 6.87. The number of nitrogens with zero attached hydrogens (tertiary/aromatic N) is 1. The second-order valence-corrected chi connectivity index (χ2v) is 6.94. The zero-order chi connectivity index (χ0) is 15.5.